The Bertz CT molecular complexity index is 213. The summed E-state index contributed by atoms with van der Waals surface area (Å²) in [6, 6.07) is 1.85. The van der Waals surface area contributed by atoms with Crippen molar-refractivity contribution in [1.82, 2.24) is 0 Å². The molecule has 0 saturated carbocycles. The third-order valence-electron chi connectivity index (χ3n) is 1.28. The van der Waals surface area contributed by atoms with Gasteiger partial charge in [0.2, 0.25) is 0 Å². The van der Waals surface area contributed by atoms with Gasteiger partial charge in [-0.3, -0.25) is 4.79 Å². The summed E-state index contributed by atoms with van der Waals surface area (Å²) in [5.74, 6) is -0.242. The number of carbonyl (C=O) groups is 1. The van der Waals surface area contributed by atoms with Gasteiger partial charge in [-0.1, -0.05) is 0 Å². The molecular formula is C8H10O3. The lowest BCUT2D eigenvalue weighted by molar-refractivity contribution is -0.140. The van der Waals surface area contributed by atoms with Gasteiger partial charge in [-0.25, -0.2) is 0 Å². The van der Waals surface area contributed by atoms with Gasteiger partial charge in [-0.15, -0.1) is 0 Å². The van der Waals surface area contributed by atoms with Crippen molar-refractivity contribution in [3.05, 3.63) is 24.2 Å². The van der Waals surface area contributed by atoms with E-state index < -0.39 is 0 Å². The van der Waals surface area contributed by atoms with Gasteiger partial charge >= 0.3 is 5.97 Å². The zero-order valence-electron chi connectivity index (χ0n) is 6.37. The van der Waals surface area contributed by atoms with Gasteiger partial charge in [-0.05, 0) is 11.6 Å². The molecule has 0 aliphatic carbocycles. The highest BCUT2D eigenvalue weighted by Gasteiger charge is 1.95. The minimum absolute atomic E-state index is 0.242. The molecule has 0 aromatic carbocycles. The Morgan fingerprint density at radius 3 is 3.09 bits per heavy atom. The first-order chi connectivity index (χ1) is 5.29. The average Bonchev–Trinajstić information content (AvgIpc) is 2.39. The van der Waals surface area contributed by atoms with Crippen molar-refractivity contribution >= 4 is 5.97 Å². The van der Waals surface area contributed by atoms with E-state index in [2.05, 4.69) is 0 Å². The molecule has 0 radical (unpaired) electrons. The average molecular weight is 154 g/mol. The first-order valence-corrected chi connectivity index (χ1v) is 3.43. The van der Waals surface area contributed by atoms with Gasteiger partial charge in [-0.2, -0.15) is 0 Å². The quantitative estimate of drug-likeness (QED) is 0.617. The number of rotatable bonds is 3. The van der Waals surface area contributed by atoms with Gasteiger partial charge in [0.1, 0.15) is 0 Å². The van der Waals surface area contributed by atoms with Crippen molar-refractivity contribution in [3.63, 3.8) is 0 Å². The standard InChI is InChI=1S/C8H10O3/c1-7(9)11-5-3-8-2-4-10-6-8/h2,4,6H,3,5H2,1H3. The number of carbonyl (C=O) groups excluding carboxylic acids is 1. The number of hydrogen-bond donors (Lipinski definition) is 0. The molecule has 1 aromatic heterocycles. The van der Waals surface area contributed by atoms with Crippen LogP contribution in [0.3, 0.4) is 0 Å². The van der Waals surface area contributed by atoms with E-state index in [0.717, 1.165) is 12.0 Å². The Morgan fingerprint density at radius 2 is 2.55 bits per heavy atom. The lowest BCUT2D eigenvalue weighted by Gasteiger charge is -1.97. The zero-order valence-corrected chi connectivity index (χ0v) is 6.37. The van der Waals surface area contributed by atoms with Gasteiger partial charge in [0.05, 0.1) is 19.1 Å². The molecule has 0 spiro atoms. The van der Waals surface area contributed by atoms with Crippen LogP contribution in [0, 0.1) is 0 Å². The van der Waals surface area contributed by atoms with E-state index in [-0.39, 0.29) is 5.97 Å². The highest BCUT2D eigenvalue weighted by atomic mass is 16.5. The van der Waals surface area contributed by atoms with Crippen LogP contribution in [0.4, 0.5) is 0 Å². The predicted molar refractivity (Wildman–Crippen MR) is 39.0 cm³/mol. The Balaban J connectivity index is 2.19. The maximum Gasteiger partial charge on any atom is 0.302 e. The molecule has 0 bridgehead atoms. The molecule has 1 aromatic rings. The molecule has 0 fully saturated rings. The van der Waals surface area contributed by atoms with Gasteiger partial charge < -0.3 is 9.15 Å². The fourth-order valence-corrected chi connectivity index (χ4v) is 0.748. The Labute approximate surface area is 65.0 Å². The first kappa shape index (κ1) is 7.85. The fourth-order valence-electron chi connectivity index (χ4n) is 0.748. The van der Waals surface area contributed by atoms with Gasteiger partial charge in [0, 0.05) is 13.3 Å². The summed E-state index contributed by atoms with van der Waals surface area (Å²) in [5, 5.41) is 0. The molecular weight excluding hydrogens is 144 g/mol. The number of hydrogen-bond acceptors (Lipinski definition) is 3. The highest BCUT2D eigenvalue weighted by molar-refractivity contribution is 5.65. The Kier molecular flexibility index (Phi) is 2.72. The summed E-state index contributed by atoms with van der Waals surface area (Å²) < 4.78 is 9.57. The topological polar surface area (TPSA) is 39.4 Å². The van der Waals surface area contributed by atoms with Gasteiger partial charge in [0.25, 0.3) is 0 Å². The summed E-state index contributed by atoms with van der Waals surface area (Å²) in [7, 11) is 0. The summed E-state index contributed by atoms with van der Waals surface area (Å²) in [6.45, 7) is 1.82. The van der Waals surface area contributed by atoms with Gasteiger partial charge in [0.15, 0.2) is 0 Å². The number of furan rings is 1. The maximum atomic E-state index is 10.3. The van der Waals surface area contributed by atoms with Crippen LogP contribution in [-0.4, -0.2) is 12.6 Å². The second-order valence-electron chi connectivity index (χ2n) is 2.22. The minimum Gasteiger partial charge on any atom is -0.472 e. The van der Waals surface area contributed by atoms with Crippen LogP contribution < -0.4 is 0 Å². The molecule has 0 aliphatic rings. The first-order valence-electron chi connectivity index (χ1n) is 3.43. The fraction of sp³-hybridized carbons (Fsp3) is 0.375. The second-order valence-corrected chi connectivity index (χ2v) is 2.22. The molecule has 11 heavy (non-hydrogen) atoms. The van der Waals surface area contributed by atoms with E-state index in [1.807, 2.05) is 6.07 Å². The zero-order chi connectivity index (χ0) is 8.10. The summed E-state index contributed by atoms with van der Waals surface area (Å²) in [6.07, 6.45) is 3.96. The maximum absolute atomic E-state index is 10.3. The number of ether oxygens (including phenoxy) is 1. The predicted octanol–water partition coefficient (Wildman–Crippen LogP) is 1.39. The molecule has 1 heterocycles. The SMILES string of the molecule is CC(=O)OCCc1ccoc1. The molecule has 3 nitrogen and oxygen atoms in total. The number of esters is 1. The van der Waals surface area contributed by atoms with Crippen LogP contribution in [-0.2, 0) is 16.0 Å². The van der Waals surface area contributed by atoms with Crippen LogP contribution >= 0.6 is 0 Å². The van der Waals surface area contributed by atoms with Crippen molar-refractivity contribution in [2.24, 2.45) is 0 Å². The Morgan fingerprint density at radius 1 is 1.73 bits per heavy atom. The normalized spacial score (nSPS) is 9.55. The van der Waals surface area contributed by atoms with Crippen LogP contribution in [0.1, 0.15) is 12.5 Å². The van der Waals surface area contributed by atoms with E-state index in [0.29, 0.717) is 6.61 Å². The molecule has 0 atom stereocenters. The summed E-state index contributed by atoms with van der Waals surface area (Å²) >= 11 is 0. The van der Waals surface area contributed by atoms with Crippen molar-refractivity contribution in [2.75, 3.05) is 6.61 Å². The molecule has 0 saturated heterocycles. The van der Waals surface area contributed by atoms with E-state index in [9.17, 15) is 4.79 Å². The molecule has 1 rings (SSSR count). The third kappa shape index (κ3) is 2.89. The van der Waals surface area contributed by atoms with Crippen molar-refractivity contribution in [2.45, 2.75) is 13.3 Å². The van der Waals surface area contributed by atoms with Crippen molar-refractivity contribution in [3.8, 4) is 0 Å². The lowest BCUT2D eigenvalue weighted by atomic mass is 10.3. The molecule has 3 heteroatoms. The highest BCUT2D eigenvalue weighted by Crippen LogP contribution is 2.00. The molecule has 0 N–H and O–H groups in total. The van der Waals surface area contributed by atoms with Crippen molar-refractivity contribution in [1.29, 1.82) is 0 Å². The molecule has 0 unspecified atom stereocenters. The van der Waals surface area contributed by atoms with Crippen molar-refractivity contribution < 1.29 is 13.9 Å². The molecule has 0 amide bonds. The van der Waals surface area contributed by atoms with Crippen LogP contribution in [0.15, 0.2) is 23.0 Å². The largest absolute Gasteiger partial charge is 0.472 e. The van der Waals surface area contributed by atoms with Crippen LogP contribution in [0.25, 0.3) is 0 Å². The minimum atomic E-state index is -0.242. The summed E-state index contributed by atoms with van der Waals surface area (Å²) in [4.78, 5) is 10.3. The molecule has 60 valence electrons. The summed E-state index contributed by atoms with van der Waals surface area (Å²) in [5.41, 5.74) is 1.05. The second kappa shape index (κ2) is 3.81. The lowest BCUT2D eigenvalue weighted by Crippen LogP contribution is -2.02. The van der Waals surface area contributed by atoms with Crippen LogP contribution in [0.5, 0.6) is 0 Å². The van der Waals surface area contributed by atoms with E-state index in [4.69, 9.17) is 9.15 Å². The van der Waals surface area contributed by atoms with E-state index in [1.165, 1.54) is 6.92 Å². The van der Waals surface area contributed by atoms with E-state index in [1.54, 1.807) is 12.5 Å². The Hall–Kier alpha value is -1.25. The smallest absolute Gasteiger partial charge is 0.302 e. The van der Waals surface area contributed by atoms with Crippen LogP contribution in [0.2, 0.25) is 0 Å². The van der Waals surface area contributed by atoms with E-state index >= 15 is 0 Å². The third-order valence-corrected chi connectivity index (χ3v) is 1.28. The monoisotopic (exact) mass is 154 g/mol. The molecule has 0 aliphatic heterocycles.